The number of pyridine rings is 1. The molecule has 0 bridgehead atoms. The van der Waals surface area contributed by atoms with Gasteiger partial charge in [0.05, 0.1) is 19.4 Å². The summed E-state index contributed by atoms with van der Waals surface area (Å²) >= 11 is 0. The Morgan fingerprint density at radius 2 is 2.04 bits per heavy atom. The van der Waals surface area contributed by atoms with Gasteiger partial charge in [0.15, 0.2) is 11.5 Å². The van der Waals surface area contributed by atoms with Gasteiger partial charge < -0.3 is 14.0 Å². The first-order chi connectivity index (χ1) is 11.9. The van der Waals surface area contributed by atoms with E-state index in [1.54, 1.807) is 44.6 Å². The lowest BCUT2D eigenvalue weighted by atomic mass is 10.2. The first kappa shape index (κ1) is 18.3. The summed E-state index contributed by atoms with van der Waals surface area (Å²) in [5.74, 6) is 0.636. The van der Waals surface area contributed by atoms with Crippen molar-refractivity contribution in [1.29, 1.82) is 0 Å². The molecule has 0 saturated heterocycles. The molecule has 2 aromatic rings. The van der Waals surface area contributed by atoms with E-state index in [1.165, 1.54) is 16.8 Å². The molecular weight excluding hydrogens is 322 g/mol. The average molecular weight is 343 g/mol. The highest BCUT2D eigenvalue weighted by molar-refractivity contribution is 5.94. The lowest BCUT2D eigenvalue weighted by molar-refractivity contribution is 0.0953. The molecule has 25 heavy (non-hydrogen) atoms. The Bertz CT molecular complexity index is 840. The number of hydrogen-bond donors (Lipinski definition) is 1. The van der Waals surface area contributed by atoms with Gasteiger partial charge in [-0.25, -0.2) is 5.43 Å². The molecule has 7 nitrogen and oxygen atoms in total. The molecule has 132 valence electrons. The maximum atomic E-state index is 12.0. The molecule has 7 heteroatoms. The van der Waals surface area contributed by atoms with E-state index in [-0.39, 0.29) is 17.2 Å². The monoisotopic (exact) mass is 343 g/mol. The minimum Gasteiger partial charge on any atom is -0.493 e. The van der Waals surface area contributed by atoms with Gasteiger partial charge >= 0.3 is 0 Å². The van der Waals surface area contributed by atoms with E-state index in [1.807, 2.05) is 13.8 Å². The molecule has 1 aromatic carbocycles. The van der Waals surface area contributed by atoms with Crippen molar-refractivity contribution >= 4 is 12.1 Å². The van der Waals surface area contributed by atoms with Crippen molar-refractivity contribution in [1.82, 2.24) is 9.99 Å². The molecule has 0 spiro atoms. The SMILES string of the molecule is COc1cc(/C=N\NC(=O)c2cccn(C)c2=O)ccc1OC(C)C. The Morgan fingerprint density at radius 1 is 1.28 bits per heavy atom. The van der Waals surface area contributed by atoms with Crippen LogP contribution in [0, 0.1) is 0 Å². The number of amides is 1. The Balaban J connectivity index is 2.10. The van der Waals surface area contributed by atoms with Crippen LogP contribution in [0.5, 0.6) is 11.5 Å². The Kier molecular flexibility index (Phi) is 5.94. The van der Waals surface area contributed by atoms with E-state index in [0.717, 1.165) is 0 Å². The predicted molar refractivity (Wildman–Crippen MR) is 95.5 cm³/mol. The summed E-state index contributed by atoms with van der Waals surface area (Å²) < 4.78 is 12.3. The number of hydrazone groups is 1. The van der Waals surface area contributed by atoms with Gasteiger partial charge in [-0.2, -0.15) is 5.10 Å². The topological polar surface area (TPSA) is 81.9 Å². The molecule has 0 saturated carbocycles. The third kappa shape index (κ3) is 4.69. The van der Waals surface area contributed by atoms with E-state index >= 15 is 0 Å². The summed E-state index contributed by atoms with van der Waals surface area (Å²) in [5, 5.41) is 3.89. The van der Waals surface area contributed by atoms with E-state index in [2.05, 4.69) is 10.5 Å². The Hall–Kier alpha value is -3.09. The third-order valence-corrected chi connectivity index (χ3v) is 3.30. The van der Waals surface area contributed by atoms with E-state index in [0.29, 0.717) is 17.1 Å². The second-order valence-corrected chi connectivity index (χ2v) is 5.61. The van der Waals surface area contributed by atoms with Crippen LogP contribution in [-0.4, -0.2) is 29.9 Å². The van der Waals surface area contributed by atoms with E-state index in [4.69, 9.17) is 9.47 Å². The molecule has 0 aliphatic carbocycles. The number of methoxy groups -OCH3 is 1. The van der Waals surface area contributed by atoms with Gasteiger partial charge in [-0.3, -0.25) is 9.59 Å². The normalized spacial score (nSPS) is 10.9. The van der Waals surface area contributed by atoms with Crippen molar-refractivity contribution < 1.29 is 14.3 Å². The van der Waals surface area contributed by atoms with Crippen LogP contribution < -0.4 is 20.5 Å². The highest BCUT2D eigenvalue weighted by Crippen LogP contribution is 2.28. The summed E-state index contributed by atoms with van der Waals surface area (Å²) in [7, 11) is 3.13. The lowest BCUT2D eigenvalue weighted by Gasteiger charge is -2.13. The molecule has 1 amide bonds. The second kappa shape index (κ2) is 8.14. The van der Waals surface area contributed by atoms with Gasteiger partial charge in [-0.05, 0) is 49.7 Å². The first-order valence-corrected chi connectivity index (χ1v) is 7.76. The van der Waals surface area contributed by atoms with E-state index in [9.17, 15) is 9.59 Å². The van der Waals surface area contributed by atoms with Crippen molar-refractivity contribution in [2.45, 2.75) is 20.0 Å². The number of nitrogens with one attached hydrogen (secondary N) is 1. The summed E-state index contributed by atoms with van der Waals surface area (Å²) in [5.41, 5.74) is 2.71. The summed E-state index contributed by atoms with van der Waals surface area (Å²) in [6, 6.07) is 8.38. The number of aromatic nitrogens is 1. The van der Waals surface area contributed by atoms with Crippen molar-refractivity contribution in [3.63, 3.8) is 0 Å². The second-order valence-electron chi connectivity index (χ2n) is 5.61. The van der Waals surface area contributed by atoms with Crippen LogP contribution in [0.2, 0.25) is 0 Å². The lowest BCUT2D eigenvalue weighted by Crippen LogP contribution is -2.29. The molecule has 2 rings (SSSR count). The summed E-state index contributed by atoms with van der Waals surface area (Å²) in [6.07, 6.45) is 3.07. The molecule has 0 fully saturated rings. The van der Waals surface area contributed by atoms with Crippen molar-refractivity contribution in [2.75, 3.05) is 7.11 Å². The Labute approximate surface area is 145 Å². The van der Waals surface area contributed by atoms with E-state index < -0.39 is 5.91 Å². The van der Waals surface area contributed by atoms with Crippen LogP contribution in [0.3, 0.4) is 0 Å². The number of hydrogen-bond acceptors (Lipinski definition) is 5. The van der Waals surface area contributed by atoms with Crippen LogP contribution in [0.15, 0.2) is 46.4 Å². The van der Waals surface area contributed by atoms with Gasteiger partial charge in [-0.15, -0.1) is 0 Å². The number of carbonyl (C=O) groups is 1. The predicted octanol–water partition coefficient (Wildman–Crippen LogP) is 1.94. The molecular formula is C18H21N3O4. The standard InChI is InChI=1S/C18H21N3O4/c1-12(2)25-15-8-7-13(10-16(15)24-4)11-19-20-17(22)14-6-5-9-21(3)18(14)23/h5-12H,1-4H3,(H,20,22)/b19-11-. The minimum absolute atomic E-state index is 0.0282. The van der Waals surface area contributed by atoms with Gasteiger partial charge in [0, 0.05) is 13.2 Å². The number of nitrogens with zero attached hydrogens (tertiary/aromatic N) is 2. The average Bonchev–Trinajstić information content (AvgIpc) is 2.58. The fourth-order valence-electron chi connectivity index (χ4n) is 2.11. The molecule has 1 heterocycles. The summed E-state index contributed by atoms with van der Waals surface area (Å²) in [4.78, 5) is 23.9. The molecule has 0 atom stereocenters. The molecule has 0 unspecified atom stereocenters. The first-order valence-electron chi connectivity index (χ1n) is 7.76. The fraction of sp³-hybridized carbons (Fsp3) is 0.278. The van der Waals surface area contributed by atoms with Crippen LogP contribution in [0.4, 0.5) is 0 Å². The quantitative estimate of drug-likeness (QED) is 0.642. The maximum Gasteiger partial charge on any atom is 0.276 e. The molecule has 0 radical (unpaired) electrons. The minimum atomic E-state index is -0.566. The molecule has 1 N–H and O–H groups in total. The molecule has 1 aromatic heterocycles. The maximum absolute atomic E-state index is 12.0. The van der Waals surface area contributed by atoms with Crippen LogP contribution in [-0.2, 0) is 7.05 Å². The molecule has 0 aliphatic heterocycles. The highest BCUT2D eigenvalue weighted by Gasteiger charge is 2.10. The smallest absolute Gasteiger partial charge is 0.276 e. The third-order valence-electron chi connectivity index (χ3n) is 3.30. The van der Waals surface area contributed by atoms with Crippen LogP contribution in [0.25, 0.3) is 0 Å². The number of carbonyl (C=O) groups excluding carboxylic acids is 1. The Morgan fingerprint density at radius 3 is 2.72 bits per heavy atom. The zero-order valence-electron chi connectivity index (χ0n) is 14.6. The number of aryl methyl sites for hydroxylation is 1. The van der Waals surface area contributed by atoms with Gasteiger partial charge in [-0.1, -0.05) is 0 Å². The van der Waals surface area contributed by atoms with Crippen molar-refractivity contribution in [3.8, 4) is 11.5 Å². The fourth-order valence-corrected chi connectivity index (χ4v) is 2.11. The largest absolute Gasteiger partial charge is 0.493 e. The van der Waals surface area contributed by atoms with Crippen LogP contribution in [0.1, 0.15) is 29.8 Å². The number of benzene rings is 1. The van der Waals surface area contributed by atoms with Crippen molar-refractivity contribution in [3.05, 3.63) is 58.0 Å². The van der Waals surface area contributed by atoms with Gasteiger partial charge in [0.1, 0.15) is 5.56 Å². The highest BCUT2D eigenvalue weighted by atomic mass is 16.5. The van der Waals surface area contributed by atoms with Crippen molar-refractivity contribution in [2.24, 2.45) is 12.1 Å². The number of ether oxygens (including phenoxy) is 2. The van der Waals surface area contributed by atoms with Gasteiger partial charge in [0.25, 0.3) is 11.5 Å². The zero-order valence-corrected chi connectivity index (χ0v) is 14.6. The summed E-state index contributed by atoms with van der Waals surface area (Å²) in [6.45, 7) is 3.86. The van der Waals surface area contributed by atoms with Crippen LogP contribution >= 0.6 is 0 Å². The van der Waals surface area contributed by atoms with Gasteiger partial charge in [0.2, 0.25) is 0 Å². The molecule has 0 aliphatic rings. The number of rotatable bonds is 6. The zero-order chi connectivity index (χ0) is 18.4.